The number of fused-ring (bicyclic) bond motifs is 1. The highest BCUT2D eigenvalue weighted by Gasteiger charge is 2.26. The lowest BCUT2D eigenvalue weighted by atomic mass is 9.90. The number of carbonyl (C=O) groups excluding carboxylic acids is 1. The molecule has 36 heavy (non-hydrogen) atoms. The first-order valence-electron chi connectivity index (χ1n) is 14.1. The largest absolute Gasteiger partial charge is 0.423 e. The quantitative estimate of drug-likeness (QED) is 0.238. The monoisotopic (exact) mass is 498 g/mol. The molecule has 1 aliphatic rings. The molecule has 1 aromatic heterocycles. The van der Waals surface area contributed by atoms with E-state index in [0.717, 1.165) is 49.0 Å². The Bertz CT molecular complexity index is 926. The summed E-state index contributed by atoms with van der Waals surface area (Å²) in [5.41, 5.74) is 1.24. The molecular formula is C31H50N2O3. The van der Waals surface area contributed by atoms with Gasteiger partial charge in [-0.2, -0.15) is 0 Å². The molecule has 0 spiro atoms. The van der Waals surface area contributed by atoms with E-state index in [1.165, 1.54) is 45.4 Å². The maximum Gasteiger partial charge on any atom is 0.308 e. The highest BCUT2D eigenvalue weighted by molar-refractivity contribution is 5.73. The minimum absolute atomic E-state index is 0.389. The van der Waals surface area contributed by atoms with E-state index in [4.69, 9.17) is 4.74 Å². The minimum atomic E-state index is -1.09. The fourth-order valence-corrected chi connectivity index (χ4v) is 5.08. The fraction of sp³-hybridized carbons (Fsp3) is 0.742. The third-order valence-corrected chi connectivity index (χ3v) is 7.40. The molecule has 1 N–H and O–H groups in total. The van der Waals surface area contributed by atoms with E-state index < -0.39 is 5.60 Å². The zero-order valence-electron chi connectivity index (χ0n) is 24.2. The number of hydrogen-bond acceptors (Lipinski definition) is 5. The number of nitrogens with zero attached hydrogens (tertiary/aromatic N) is 2. The Morgan fingerprint density at radius 1 is 1.08 bits per heavy atom. The maximum absolute atomic E-state index is 11.7. The Hall–Kier alpha value is -2.06. The summed E-state index contributed by atoms with van der Waals surface area (Å²) in [5, 5.41) is 11.0. The number of aliphatic hydroxyl groups is 1. The molecule has 1 aromatic rings. The number of pyridine rings is 1. The Morgan fingerprint density at radius 3 is 2.25 bits per heavy atom. The third-order valence-electron chi connectivity index (χ3n) is 7.40. The summed E-state index contributed by atoms with van der Waals surface area (Å²) in [6.45, 7) is 15.2. The highest BCUT2D eigenvalue weighted by atomic mass is 16.5. The van der Waals surface area contributed by atoms with E-state index in [0.29, 0.717) is 29.3 Å². The zero-order valence-corrected chi connectivity index (χ0v) is 24.2. The molecule has 2 rings (SSSR count). The number of esters is 1. The first kappa shape index (κ1) is 30.2. The lowest BCUT2D eigenvalue weighted by Gasteiger charge is -2.19. The molecular weight excluding hydrogens is 448 g/mol. The first-order valence-corrected chi connectivity index (χ1v) is 14.1. The van der Waals surface area contributed by atoms with Gasteiger partial charge in [0.05, 0.1) is 11.3 Å². The van der Waals surface area contributed by atoms with Crippen LogP contribution in [-0.2, 0) is 11.2 Å². The van der Waals surface area contributed by atoms with Crippen LogP contribution in [0.3, 0.4) is 0 Å². The maximum atomic E-state index is 11.7. The van der Waals surface area contributed by atoms with Crippen molar-refractivity contribution in [3.8, 4) is 17.6 Å². The van der Waals surface area contributed by atoms with Crippen molar-refractivity contribution >= 4 is 11.8 Å². The van der Waals surface area contributed by atoms with Gasteiger partial charge in [0, 0.05) is 26.1 Å². The van der Waals surface area contributed by atoms with Gasteiger partial charge >= 0.3 is 5.97 Å². The van der Waals surface area contributed by atoms with Crippen LogP contribution in [-0.4, -0.2) is 35.3 Å². The lowest BCUT2D eigenvalue weighted by Crippen LogP contribution is -2.21. The van der Waals surface area contributed by atoms with E-state index in [-0.39, 0.29) is 5.97 Å². The van der Waals surface area contributed by atoms with Gasteiger partial charge in [0.15, 0.2) is 5.75 Å². The molecule has 0 bridgehead atoms. The van der Waals surface area contributed by atoms with Gasteiger partial charge in [0.2, 0.25) is 0 Å². The zero-order chi connectivity index (χ0) is 26.9. The van der Waals surface area contributed by atoms with Crippen LogP contribution < -0.4 is 9.64 Å². The standard InChI is InChI=1S/C31H50N2O3/c1-22(2)12-9-13-23(3)14-10-15-24(4)16-11-19-31(7,35)20-17-27-28-18-21-33(8)30(28)32-25(5)29(27)36-26(6)34/h22-24,35H,9-16,18-19,21H2,1-8H3/t23-,24?,31?/m1/s1. The molecule has 2 heterocycles. The van der Waals surface area contributed by atoms with Gasteiger partial charge in [-0.25, -0.2) is 4.98 Å². The lowest BCUT2D eigenvalue weighted by molar-refractivity contribution is -0.131. The van der Waals surface area contributed by atoms with Crippen LogP contribution in [0.1, 0.15) is 116 Å². The predicted molar refractivity (Wildman–Crippen MR) is 149 cm³/mol. The third kappa shape index (κ3) is 9.77. The summed E-state index contributed by atoms with van der Waals surface area (Å²) < 4.78 is 5.50. The molecule has 5 heteroatoms. The second-order valence-electron chi connectivity index (χ2n) is 11.9. The topological polar surface area (TPSA) is 62.7 Å². The minimum Gasteiger partial charge on any atom is -0.423 e. The predicted octanol–water partition coefficient (Wildman–Crippen LogP) is 6.85. The normalized spacial score (nSPS) is 16.2. The number of ether oxygens (including phenoxy) is 1. The number of aromatic nitrogens is 1. The van der Waals surface area contributed by atoms with Crippen molar-refractivity contribution in [3.63, 3.8) is 0 Å². The molecule has 0 saturated carbocycles. The van der Waals surface area contributed by atoms with Crippen molar-refractivity contribution in [1.29, 1.82) is 0 Å². The highest BCUT2D eigenvalue weighted by Crippen LogP contribution is 2.35. The molecule has 0 aromatic carbocycles. The summed E-state index contributed by atoms with van der Waals surface area (Å²) in [5.74, 6) is 9.49. The van der Waals surface area contributed by atoms with Gasteiger partial charge in [0.1, 0.15) is 11.4 Å². The molecule has 0 aliphatic carbocycles. The number of hydrogen-bond donors (Lipinski definition) is 1. The van der Waals surface area contributed by atoms with Crippen molar-refractivity contribution in [2.75, 3.05) is 18.5 Å². The second-order valence-corrected chi connectivity index (χ2v) is 11.9. The Balaban J connectivity index is 1.90. The molecule has 5 nitrogen and oxygen atoms in total. The average Bonchev–Trinajstić information content (AvgIpc) is 3.13. The second kappa shape index (κ2) is 14.0. The van der Waals surface area contributed by atoms with Crippen LogP contribution in [0.4, 0.5) is 5.82 Å². The van der Waals surface area contributed by atoms with Gasteiger partial charge in [-0.15, -0.1) is 0 Å². The number of likely N-dealkylation sites (N-methyl/N-ethyl adjacent to an activating group) is 1. The molecule has 3 atom stereocenters. The van der Waals surface area contributed by atoms with E-state index >= 15 is 0 Å². The van der Waals surface area contributed by atoms with Crippen LogP contribution in [0, 0.1) is 36.5 Å². The van der Waals surface area contributed by atoms with Crippen molar-refractivity contribution in [2.24, 2.45) is 17.8 Å². The Morgan fingerprint density at radius 2 is 1.67 bits per heavy atom. The van der Waals surface area contributed by atoms with E-state index in [1.54, 1.807) is 6.92 Å². The molecule has 0 radical (unpaired) electrons. The summed E-state index contributed by atoms with van der Waals surface area (Å²) in [7, 11) is 2.01. The number of rotatable bonds is 13. The van der Waals surface area contributed by atoms with Crippen LogP contribution in [0.5, 0.6) is 5.75 Å². The molecule has 0 fully saturated rings. The van der Waals surface area contributed by atoms with Gasteiger partial charge in [-0.05, 0) is 50.9 Å². The smallest absolute Gasteiger partial charge is 0.308 e. The van der Waals surface area contributed by atoms with Crippen molar-refractivity contribution in [1.82, 2.24) is 4.98 Å². The average molecular weight is 499 g/mol. The van der Waals surface area contributed by atoms with Crippen LogP contribution >= 0.6 is 0 Å². The number of aryl methyl sites for hydroxylation is 1. The first-order chi connectivity index (χ1) is 16.9. The summed E-state index contributed by atoms with van der Waals surface area (Å²) in [4.78, 5) is 18.4. The van der Waals surface area contributed by atoms with Crippen molar-refractivity contribution < 1.29 is 14.6 Å². The number of anilines is 1. The SMILES string of the molecule is CC(=O)Oc1c(C)nc2c(c1C#CC(C)(O)CCCC(C)CCC[C@H](C)CCCC(C)C)CCN2C. The molecule has 2 unspecified atom stereocenters. The molecule has 1 aliphatic heterocycles. The Labute approximate surface area is 220 Å². The van der Waals surface area contributed by atoms with Crippen LogP contribution in [0.2, 0.25) is 0 Å². The van der Waals surface area contributed by atoms with E-state index in [2.05, 4.69) is 49.4 Å². The van der Waals surface area contributed by atoms with E-state index in [1.807, 2.05) is 14.0 Å². The van der Waals surface area contributed by atoms with Crippen LogP contribution in [0.15, 0.2) is 0 Å². The van der Waals surface area contributed by atoms with Crippen molar-refractivity contribution in [3.05, 3.63) is 16.8 Å². The fourth-order valence-electron chi connectivity index (χ4n) is 5.08. The number of carbonyl (C=O) groups is 1. The molecule has 0 saturated heterocycles. The van der Waals surface area contributed by atoms with Gasteiger partial charge < -0.3 is 14.7 Å². The summed E-state index contributed by atoms with van der Waals surface area (Å²) in [6, 6.07) is 0. The van der Waals surface area contributed by atoms with Crippen molar-refractivity contribution in [2.45, 2.75) is 118 Å². The summed E-state index contributed by atoms with van der Waals surface area (Å²) >= 11 is 0. The van der Waals surface area contributed by atoms with Crippen LogP contribution in [0.25, 0.3) is 0 Å². The van der Waals surface area contributed by atoms with Gasteiger partial charge in [0.25, 0.3) is 0 Å². The van der Waals surface area contributed by atoms with Gasteiger partial charge in [-0.1, -0.05) is 84.5 Å². The van der Waals surface area contributed by atoms with E-state index in [9.17, 15) is 9.90 Å². The van der Waals surface area contributed by atoms with Gasteiger partial charge in [-0.3, -0.25) is 4.79 Å². The molecule has 0 amide bonds. The molecule has 202 valence electrons. The Kier molecular flexibility index (Phi) is 11.8. The summed E-state index contributed by atoms with van der Waals surface area (Å²) in [6.07, 6.45) is 11.4.